The molecule has 3 N–H and O–H groups in total. The van der Waals surface area contributed by atoms with E-state index in [0.29, 0.717) is 0 Å². The molecule has 518 valence electrons. The van der Waals surface area contributed by atoms with Crippen molar-refractivity contribution in [3.63, 3.8) is 0 Å². The third-order valence-corrected chi connectivity index (χ3v) is 20.6. The highest BCUT2D eigenvalue weighted by Crippen LogP contribution is 2.30. The third-order valence-electron chi connectivity index (χ3n) is 20.6. The van der Waals surface area contributed by atoms with Crippen LogP contribution in [0.2, 0.25) is 0 Å². The molecule has 5 nitrogen and oxygen atoms in total. The maximum atomic E-state index is 7.60. The van der Waals surface area contributed by atoms with E-state index in [1.807, 2.05) is 0 Å². The lowest BCUT2D eigenvalue weighted by molar-refractivity contribution is 0.112. The van der Waals surface area contributed by atoms with Crippen LogP contribution < -0.4 is 11.1 Å². The Labute approximate surface area is 550 Å². The lowest BCUT2D eigenvalue weighted by Gasteiger charge is -2.42. The minimum atomic E-state index is 0.0822. The maximum Gasteiger partial charge on any atom is 0.0333 e. The molecule has 1 heterocycles. The van der Waals surface area contributed by atoms with Crippen molar-refractivity contribution in [3.05, 3.63) is 24.3 Å². The number of unbranched alkanes of at least 4 members (excludes halogenated alkanes) is 51. The maximum absolute atomic E-state index is 7.60. The van der Waals surface area contributed by atoms with Crippen molar-refractivity contribution in [3.8, 4) is 0 Å². The van der Waals surface area contributed by atoms with Crippen molar-refractivity contribution in [1.82, 2.24) is 20.0 Å². The number of nitrogens with one attached hydrogen (secondary N) is 1. The summed E-state index contributed by atoms with van der Waals surface area (Å²) >= 11 is 0. The van der Waals surface area contributed by atoms with Gasteiger partial charge in [-0.2, -0.15) is 0 Å². The Morgan fingerprint density at radius 1 is 0.310 bits per heavy atom. The van der Waals surface area contributed by atoms with Gasteiger partial charge in [-0.05, 0) is 96.6 Å². The van der Waals surface area contributed by atoms with Gasteiger partial charge in [0.15, 0.2) is 0 Å². The highest BCUT2D eigenvalue weighted by molar-refractivity contribution is 4.98. The second-order valence-electron chi connectivity index (χ2n) is 28.9. The summed E-state index contributed by atoms with van der Waals surface area (Å²) in [6.45, 7) is 23.9. The van der Waals surface area contributed by atoms with Crippen molar-refractivity contribution in [2.24, 2.45) is 5.73 Å². The lowest BCUT2D eigenvalue weighted by Crippen LogP contribution is -2.60. The van der Waals surface area contributed by atoms with E-state index in [-0.39, 0.29) is 11.6 Å². The van der Waals surface area contributed by atoms with Gasteiger partial charge in [0.2, 0.25) is 0 Å². The first-order chi connectivity index (χ1) is 43.0. The molecule has 87 heavy (non-hydrogen) atoms. The number of nitrogens with zero attached hydrogens (tertiary/aromatic N) is 3. The Morgan fingerprint density at radius 3 is 0.874 bits per heavy atom. The van der Waals surface area contributed by atoms with E-state index >= 15 is 0 Å². The van der Waals surface area contributed by atoms with Gasteiger partial charge >= 0.3 is 0 Å². The molecular weight excluding hydrogens is 1050 g/mol. The quantitative estimate of drug-likeness (QED) is 0.0469. The average Bonchev–Trinajstić information content (AvgIpc) is 3.67. The standard InChI is InChI=1S/C82H165N5/c1-6-11-16-21-26-31-36-38-40-42-44-46-51-56-61-66-72-85(73-67-62-57-52-47-45-43-41-39-37-32-27-22-17-12-7-2)75-78-87-79-76-86(77-80-87)74-71-84-82(69-64-59-54-49-34-29-24-19-14-9-4,70-65-60-55-50-35-30-25-20-15-10-5)81(83)68-63-58-53-48-33-28-23-18-13-8-3/h38-41,81,84H,6-37,42-80,83H2,1-5H3/b40-38-,41-39-. The molecule has 1 aliphatic rings. The summed E-state index contributed by atoms with van der Waals surface area (Å²) in [5, 5.41) is 4.40. The molecule has 0 aliphatic carbocycles. The molecular formula is C82H165N5. The van der Waals surface area contributed by atoms with Crippen LogP contribution in [-0.4, -0.2) is 91.7 Å². The fourth-order valence-electron chi connectivity index (χ4n) is 14.3. The van der Waals surface area contributed by atoms with Gasteiger partial charge < -0.3 is 16.0 Å². The van der Waals surface area contributed by atoms with Crippen LogP contribution in [0.5, 0.6) is 0 Å². The van der Waals surface area contributed by atoms with Crippen LogP contribution in [0.3, 0.4) is 0 Å². The normalized spacial score (nSPS) is 14.1. The topological polar surface area (TPSA) is 47.8 Å². The van der Waals surface area contributed by atoms with E-state index in [2.05, 4.69) is 78.9 Å². The molecule has 0 aromatic rings. The number of hydrogen-bond donors (Lipinski definition) is 2. The molecule has 0 aromatic carbocycles. The van der Waals surface area contributed by atoms with Gasteiger partial charge in [-0.15, -0.1) is 0 Å². The molecule has 1 atom stereocenters. The lowest BCUT2D eigenvalue weighted by atomic mass is 9.78. The van der Waals surface area contributed by atoms with Crippen LogP contribution in [0, 0.1) is 0 Å². The fraction of sp³-hybridized carbons (Fsp3) is 0.951. The van der Waals surface area contributed by atoms with Crippen molar-refractivity contribution < 1.29 is 0 Å². The summed E-state index contributed by atoms with van der Waals surface area (Å²) < 4.78 is 0. The Balaban J connectivity index is 2.82. The second kappa shape index (κ2) is 69.6. The third kappa shape index (κ3) is 57.7. The summed E-state index contributed by atoms with van der Waals surface area (Å²) in [5.74, 6) is 0. The van der Waals surface area contributed by atoms with Crippen molar-refractivity contribution in [2.45, 2.75) is 438 Å². The van der Waals surface area contributed by atoms with E-state index in [1.165, 1.54) is 451 Å². The number of rotatable bonds is 73. The largest absolute Gasteiger partial charge is 0.326 e. The predicted molar refractivity (Wildman–Crippen MR) is 396 cm³/mol. The highest BCUT2D eigenvalue weighted by atomic mass is 15.3. The smallest absolute Gasteiger partial charge is 0.0333 e. The Hall–Kier alpha value is -0.720. The van der Waals surface area contributed by atoms with Crippen molar-refractivity contribution in [1.29, 1.82) is 0 Å². The Morgan fingerprint density at radius 2 is 0.563 bits per heavy atom. The zero-order valence-corrected chi connectivity index (χ0v) is 61.0. The summed E-state index contributed by atoms with van der Waals surface area (Å²) in [6, 6.07) is 0.261. The molecule has 1 rings (SSSR count). The van der Waals surface area contributed by atoms with Crippen LogP contribution in [-0.2, 0) is 0 Å². The fourth-order valence-corrected chi connectivity index (χ4v) is 14.3. The molecule has 1 aliphatic heterocycles. The van der Waals surface area contributed by atoms with E-state index in [1.54, 1.807) is 0 Å². The first-order valence-corrected chi connectivity index (χ1v) is 41.0. The van der Waals surface area contributed by atoms with Gasteiger partial charge in [0.1, 0.15) is 0 Å². The molecule has 5 heteroatoms. The van der Waals surface area contributed by atoms with E-state index in [9.17, 15) is 0 Å². The zero-order chi connectivity index (χ0) is 62.5. The first-order valence-electron chi connectivity index (χ1n) is 41.0. The van der Waals surface area contributed by atoms with Crippen LogP contribution in [0.15, 0.2) is 24.3 Å². The van der Waals surface area contributed by atoms with Gasteiger partial charge in [0.25, 0.3) is 0 Å². The summed E-state index contributed by atoms with van der Waals surface area (Å²) in [5.41, 5.74) is 7.68. The number of piperazine rings is 1. The van der Waals surface area contributed by atoms with E-state index in [4.69, 9.17) is 5.73 Å². The first kappa shape index (κ1) is 84.3. The van der Waals surface area contributed by atoms with Gasteiger partial charge in [0, 0.05) is 63.9 Å². The molecule has 0 radical (unpaired) electrons. The zero-order valence-electron chi connectivity index (χ0n) is 61.0. The predicted octanol–water partition coefficient (Wildman–Crippen LogP) is 25.6. The molecule has 0 amide bonds. The molecule has 0 spiro atoms. The van der Waals surface area contributed by atoms with Crippen LogP contribution in [0.4, 0.5) is 0 Å². The van der Waals surface area contributed by atoms with Crippen LogP contribution in [0.25, 0.3) is 0 Å². The minimum absolute atomic E-state index is 0.0822. The number of nitrogens with two attached hydrogens (primary N) is 1. The monoisotopic (exact) mass is 1220 g/mol. The molecule has 0 aromatic heterocycles. The Bertz CT molecular complexity index is 1270. The highest BCUT2D eigenvalue weighted by Gasteiger charge is 2.35. The second-order valence-corrected chi connectivity index (χ2v) is 28.9. The number of hydrogen-bond acceptors (Lipinski definition) is 5. The van der Waals surface area contributed by atoms with E-state index in [0.717, 1.165) is 6.54 Å². The van der Waals surface area contributed by atoms with Crippen molar-refractivity contribution in [2.75, 3.05) is 65.4 Å². The van der Waals surface area contributed by atoms with E-state index < -0.39 is 0 Å². The summed E-state index contributed by atoms with van der Waals surface area (Å²) in [6.07, 6.45) is 94.8. The van der Waals surface area contributed by atoms with Gasteiger partial charge in [-0.3, -0.25) is 9.80 Å². The van der Waals surface area contributed by atoms with Gasteiger partial charge in [-0.25, -0.2) is 0 Å². The average molecular weight is 1220 g/mol. The van der Waals surface area contributed by atoms with Gasteiger partial charge in [0.05, 0.1) is 0 Å². The van der Waals surface area contributed by atoms with Crippen molar-refractivity contribution >= 4 is 0 Å². The molecule has 0 saturated carbocycles. The molecule has 1 fully saturated rings. The molecule has 1 saturated heterocycles. The van der Waals surface area contributed by atoms with Crippen LogP contribution >= 0.6 is 0 Å². The SMILES string of the molecule is CCCCCCCC/C=C\CCCCCCCCN(CCCCCCCC/C=C\CCCCCCCC)CCN1CCN(CCNC(CCCCCCCCCCCC)(CCCCCCCCCCCC)C(N)CCCCCCCCCCCC)CC1. The Kier molecular flexibility index (Phi) is 67.5. The van der Waals surface area contributed by atoms with Gasteiger partial charge in [-0.1, -0.05) is 367 Å². The minimum Gasteiger partial charge on any atom is -0.326 e. The summed E-state index contributed by atoms with van der Waals surface area (Å²) in [4.78, 5) is 8.52. The molecule has 0 bridgehead atoms. The summed E-state index contributed by atoms with van der Waals surface area (Å²) in [7, 11) is 0. The number of allylic oxidation sites excluding steroid dienone is 4. The van der Waals surface area contributed by atoms with Crippen LogP contribution in [0.1, 0.15) is 426 Å². The molecule has 1 unspecified atom stereocenters.